The van der Waals surface area contributed by atoms with Gasteiger partial charge in [-0.3, -0.25) is 0 Å². The highest BCUT2D eigenvalue weighted by atomic mass is 28.4. The SMILES string of the molecule is COC(=O)[C@H](Cc1ccc(-c2ccc(C)c3c2CO[C@@]32O[C@H](CO[Si](C)(C)C(C)(C)C)[C@H]3OC(C)(C)O[C@H]32)cc1)NC(=O)OC(C)(C)C. The Kier molecular flexibility index (Phi) is 9.74. The van der Waals surface area contributed by atoms with Crippen LogP contribution >= 0.6 is 0 Å². The molecule has 0 aromatic heterocycles. The third-order valence-corrected chi connectivity index (χ3v) is 14.3. The van der Waals surface area contributed by atoms with Gasteiger partial charge in [0.05, 0.1) is 20.3 Å². The minimum absolute atomic E-state index is 0.0569. The molecule has 264 valence electrons. The smallest absolute Gasteiger partial charge is 0.408 e. The van der Waals surface area contributed by atoms with Crippen LogP contribution in [0, 0.1) is 6.92 Å². The Labute approximate surface area is 286 Å². The fraction of sp³-hybridized carbons (Fsp3) is 0.622. The van der Waals surface area contributed by atoms with Crippen LogP contribution in [0.15, 0.2) is 36.4 Å². The molecule has 1 amide bonds. The zero-order valence-corrected chi connectivity index (χ0v) is 31.6. The molecular weight excluding hydrogens is 630 g/mol. The second-order valence-electron chi connectivity index (χ2n) is 16.1. The Balaban J connectivity index is 1.41. The number of benzene rings is 2. The van der Waals surface area contributed by atoms with E-state index in [4.69, 9.17) is 32.8 Å². The Bertz CT molecular complexity index is 1520. The van der Waals surface area contributed by atoms with Gasteiger partial charge in [-0.15, -0.1) is 0 Å². The first-order valence-electron chi connectivity index (χ1n) is 16.8. The summed E-state index contributed by atoms with van der Waals surface area (Å²) >= 11 is 0. The summed E-state index contributed by atoms with van der Waals surface area (Å²) < 4.78 is 43.5. The number of alkyl carbamates (subject to hydrolysis) is 1. The Morgan fingerprint density at radius 1 is 1.00 bits per heavy atom. The van der Waals surface area contributed by atoms with Gasteiger partial charge < -0.3 is 38.2 Å². The van der Waals surface area contributed by atoms with Crippen molar-refractivity contribution in [2.45, 2.75) is 135 Å². The van der Waals surface area contributed by atoms with Gasteiger partial charge in [0.1, 0.15) is 30.0 Å². The van der Waals surface area contributed by atoms with Gasteiger partial charge in [0, 0.05) is 12.0 Å². The maximum Gasteiger partial charge on any atom is 0.408 e. The van der Waals surface area contributed by atoms with E-state index < -0.39 is 49.7 Å². The number of methoxy groups -OCH3 is 1. The fourth-order valence-electron chi connectivity index (χ4n) is 6.43. The largest absolute Gasteiger partial charge is 0.467 e. The Morgan fingerprint density at radius 2 is 1.67 bits per heavy atom. The van der Waals surface area contributed by atoms with Crippen LogP contribution in [0.25, 0.3) is 11.1 Å². The summed E-state index contributed by atoms with van der Waals surface area (Å²) in [5.41, 5.74) is 5.24. The van der Waals surface area contributed by atoms with Crippen LogP contribution in [0.5, 0.6) is 0 Å². The van der Waals surface area contributed by atoms with E-state index >= 15 is 0 Å². The van der Waals surface area contributed by atoms with Gasteiger partial charge in [-0.2, -0.15) is 0 Å². The molecule has 3 heterocycles. The summed E-state index contributed by atoms with van der Waals surface area (Å²) in [6.07, 6.45) is -1.62. The zero-order chi connectivity index (χ0) is 35.4. The highest BCUT2D eigenvalue weighted by molar-refractivity contribution is 6.74. The first-order valence-corrected chi connectivity index (χ1v) is 19.7. The molecule has 48 heavy (non-hydrogen) atoms. The molecule has 5 atom stereocenters. The van der Waals surface area contributed by atoms with Crippen LogP contribution in [0.1, 0.15) is 77.6 Å². The van der Waals surface area contributed by atoms with Crippen LogP contribution < -0.4 is 5.32 Å². The maximum atomic E-state index is 12.5. The predicted molar refractivity (Wildman–Crippen MR) is 184 cm³/mol. The molecule has 2 aromatic carbocycles. The first-order chi connectivity index (χ1) is 22.2. The molecule has 1 spiro atoms. The minimum Gasteiger partial charge on any atom is -0.467 e. The van der Waals surface area contributed by atoms with Gasteiger partial charge in [0.2, 0.25) is 5.79 Å². The number of nitrogens with one attached hydrogen (secondary N) is 1. The molecule has 11 heteroatoms. The van der Waals surface area contributed by atoms with Crippen molar-refractivity contribution in [2.24, 2.45) is 0 Å². The number of amides is 1. The molecular formula is C37H53NO9Si. The number of carbonyl (C=O) groups is 2. The average Bonchev–Trinajstić information content (AvgIpc) is 3.60. The molecule has 0 bridgehead atoms. The van der Waals surface area contributed by atoms with E-state index in [0.29, 0.717) is 13.2 Å². The van der Waals surface area contributed by atoms with Gasteiger partial charge in [0.25, 0.3) is 0 Å². The zero-order valence-electron chi connectivity index (χ0n) is 30.6. The van der Waals surface area contributed by atoms with Crippen molar-refractivity contribution in [2.75, 3.05) is 13.7 Å². The number of aryl methyl sites for hydroxylation is 1. The highest BCUT2D eigenvalue weighted by Gasteiger charge is 2.67. The molecule has 10 nitrogen and oxygen atoms in total. The van der Waals surface area contributed by atoms with E-state index in [1.165, 1.54) is 7.11 Å². The Morgan fingerprint density at radius 3 is 2.27 bits per heavy atom. The van der Waals surface area contributed by atoms with Crippen molar-refractivity contribution in [3.63, 3.8) is 0 Å². The molecule has 2 fully saturated rings. The molecule has 0 radical (unpaired) electrons. The lowest BCUT2D eigenvalue weighted by Gasteiger charge is -2.37. The summed E-state index contributed by atoms with van der Waals surface area (Å²) in [6, 6.07) is 11.2. The normalized spacial score (nSPS) is 25.5. The second-order valence-corrected chi connectivity index (χ2v) is 20.9. The summed E-state index contributed by atoms with van der Waals surface area (Å²) in [5, 5.41) is 2.70. The predicted octanol–water partition coefficient (Wildman–Crippen LogP) is 6.89. The molecule has 2 aromatic rings. The number of fused-ring (bicyclic) bond motifs is 4. The van der Waals surface area contributed by atoms with Crippen molar-refractivity contribution < 1.29 is 42.4 Å². The lowest BCUT2D eigenvalue weighted by molar-refractivity contribution is -0.297. The molecule has 1 N–H and O–H groups in total. The third kappa shape index (κ3) is 7.22. The van der Waals surface area contributed by atoms with Gasteiger partial charge in [-0.05, 0) is 87.5 Å². The lowest BCUT2D eigenvalue weighted by atomic mass is 9.87. The quantitative estimate of drug-likeness (QED) is 0.235. The van der Waals surface area contributed by atoms with Gasteiger partial charge >= 0.3 is 12.1 Å². The number of ether oxygens (including phenoxy) is 6. The van der Waals surface area contributed by atoms with Crippen molar-refractivity contribution in [1.82, 2.24) is 5.32 Å². The number of hydrogen-bond acceptors (Lipinski definition) is 9. The molecule has 0 unspecified atom stereocenters. The van der Waals surface area contributed by atoms with Crippen molar-refractivity contribution in [3.8, 4) is 11.1 Å². The number of carbonyl (C=O) groups excluding carboxylic acids is 2. The lowest BCUT2D eigenvalue weighted by Crippen LogP contribution is -2.45. The molecule has 5 rings (SSSR count). The van der Waals surface area contributed by atoms with Gasteiger partial charge in [-0.1, -0.05) is 57.2 Å². The molecule has 2 saturated heterocycles. The summed E-state index contributed by atoms with van der Waals surface area (Å²) in [6.45, 7) is 23.1. The number of rotatable bonds is 8. The van der Waals surface area contributed by atoms with E-state index in [1.54, 1.807) is 20.8 Å². The first kappa shape index (κ1) is 36.5. The van der Waals surface area contributed by atoms with E-state index in [-0.39, 0.29) is 23.7 Å². The van der Waals surface area contributed by atoms with Crippen molar-refractivity contribution >= 4 is 20.4 Å². The van der Waals surface area contributed by atoms with Crippen molar-refractivity contribution in [1.29, 1.82) is 0 Å². The van der Waals surface area contributed by atoms with Crippen LogP contribution in [0.4, 0.5) is 4.79 Å². The Hall–Kier alpha value is -2.80. The summed E-state index contributed by atoms with van der Waals surface area (Å²) in [5.74, 6) is -2.47. The van der Waals surface area contributed by atoms with Gasteiger partial charge in [0.15, 0.2) is 14.1 Å². The van der Waals surface area contributed by atoms with E-state index in [0.717, 1.165) is 33.4 Å². The van der Waals surface area contributed by atoms with Crippen LogP contribution in [0.3, 0.4) is 0 Å². The molecule has 3 aliphatic heterocycles. The van der Waals surface area contributed by atoms with Crippen molar-refractivity contribution in [3.05, 3.63) is 58.7 Å². The van der Waals surface area contributed by atoms with E-state index in [1.807, 2.05) is 38.1 Å². The van der Waals surface area contributed by atoms with Crippen LogP contribution in [-0.2, 0) is 56.5 Å². The van der Waals surface area contributed by atoms with Gasteiger partial charge in [-0.25, -0.2) is 9.59 Å². The second kappa shape index (κ2) is 12.8. The van der Waals surface area contributed by atoms with E-state index in [9.17, 15) is 9.59 Å². The maximum absolute atomic E-state index is 12.5. The monoisotopic (exact) mass is 683 g/mol. The summed E-state index contributed by atoms with van der Waals surface area (Å²) in [7, 11) is -0.753. The topological polar surface area (TPSA) is 111 Å². The average molecular weight is 684 g/mol. The number of esters is 1. The molecule has 0 saturated carbocycles. The van der Waals surface area contributed by atoms with E-state index in [2.05, 4.69) is 58.2 Å². The van der Waals surface area contributed by atoms with Crippen LogP contribution in [-0.4, -0.2) is 69.8 Å². The minimum atomic E-state index is -2.05. The highest BCUT2D eigenvalue weighted by Crippen LogP contribution is 2.56. The summed E-state index contributed by atoms with van der Waals surface area (Å²) in [4.78, 5) is 24.9. The standard InChI is InChI=1S/C37H53NO9Si/c1-22-13-18-25(24-16-14-23(15-17-24)19-27(32(39)41-10)38-33(40)47-34(2,3)4)26-20-42-37(29(22)26)31-30(45-36(8,9)46-31)28(44-37)21-43-48(11,12)35(5,6)7/h13-18,27-28,30-31H,19-21H2,1-12H3,(H,38,40)/t27-,28+,30+,31+,37+/m0/s1. The van der Waals surface area contributed by atoms with Crippen LogP contribution in [0.2, 0.25) is 18.1 Å². The molecule has 0 aliphatic carbocycles. The third-order valence-electron chi connectivity index (χ3n) is 9.79. The number of hydrogen-bond donors (Lipinski definition) is 1. The molecule has 3 aliphatic rings. The fourth-order valence-corrected chi connectivity index (χ4v) is 7.44.